The van der Waals surface area contributed by atoms with Crippen LogP contribution in [0.25, 0.3) is 0 Å². The molecule has 0 saturated carbocycles. The molecule has 0 spiro atoms. The lowest BCUT2D eigenvalue weighted by Gasteiger charge is -2.23. The highest BCUT2D eigenvalue weighted by atomic mass is 16.5. The molecule has 1 N–H and O–H groups in total. The average Bonchev–Trinajstić information content (AvgIpc) is 2.81. The van der Waals surface area contributed by atoms with Crippen LogP contribution in [0.2, 0.25) is 0 Å². The molecule has 86 valence electrons. The van der Waals surface area contributed by atoms with Gasteiger partial charge in [-0.15, -0.1) is 0 Å². The molecule has 1 fully saturated rings. The Kier molecular flexibility index (Phi) is 3.10. The third-order valence-corrected chi connectivity index (χ3v) is 2.91. The molecular weight excluding hydrogens is 206 g/mol. The van der Waals surface area contributed by atoms with E-state index in [1.54, 1.807) is 30.1 Å². The summed E-state index contributed by atoms with van der Waals surface area (Å²) in [6, 6.07) is 6.71. The summed E-state index contributed by atoms with van der Waals surface area (Å²) in [4.78, 5) is 13.7. The highest BCUT2D eigenvalue weighted by molar-refractivity contribution is 5.96. The lowest BCUT2D eigenvalue weighted by molar-refractivity contribution is 0.0708. The van der Waals surface area contributed by atoms with Crippen LogP contribution in [-0.4, -0.2) is 42.2 Å². The molecule has 16 heavy (non-hydrogen) atoms. The van der Waals surface area contributed by atoms with Crippen LogP contribution in [0.1, 0.15) is 16.8 Å². The predicted octanol–water partition coefficient (Wildman–Crippen LogP) is 1.25. The molecule has 1 heterocycles. The van der Waals surface area contributed by atoms with Crippen molar-refractivity contribution in [3.05, 3.63) is 29.8 Å². The van der Waals surface area contributed by atoms with E-state index in [0.29, 0.717) is 18.8 Å². The average molecular weight is 221 g/mol. The number of phenols is 1. The first kappa shape index (κ1) is 11.0. The predicted molar refractivity (Wildman–Crippen MR) is 59.4 cm³/mol. The van der Waals surface area contributed by atoms with Crippen molar-refractivity contribution in [1.29, 1.82) is 0 Å². The number of carbonyl (C=O) groups is 1. The van der Waals surface area contributed by atoms with E-state index in [0.717, 1.165) is 6.42 Å². The summed E-state index contributed by atoms with van der Waals surface area (Å²) in [6.45, 7) is 1.28. The lowest BCUT2D eigenvalue weighted by Crippen LogP contribution is -2.37. The summed E-state index contributed by atoms with van der Waals surface area (Å²) in [6.07, 6.45) is 0.857. The molecule has 4 nitrogen and oxygen atoms in total. The standard InChI is InChI=1S/C12H15NO3/c1-13(9-6-7-16-8-9)12(15)10-4-2-3-5-11(10)14/h2-5,9,14H,6-8H2,1H3. The molecule has 0 aromatic heterocycles. The van der Waals surface area contributed by atoms with Crippen molar-refractivity contribution in [3.8, 4) is 5.75 Å². The second kappa shape index (κ2) is 4.53. The SMILES string of the molecule is CN(C(=O)c1ccccc1O)C1CCOC1. The maximum atomic E-state index is 12.1. The molecule has 1 aliphatic heterocycles. The van der Waals surface area contributed by atoms with E-state index in [2.05, 4.69) is 0 Å². The molecule has 0 radical (unpaired) electrons. The number of nitrogens with zero attached hydrogens (tertiary/aromatic N) is 1. The summed E-state index contributed by atoms with van der Waals surface area (Å²) in [5, 5.41) is 9.59. The first-order chi connectivity index (χ1) is 7.70. The molecule has 0 aliphatic carbocycles. The van der Waals surface area contributed by atoms with E-state index in [1.165, 1.54) is 6.07 Å². The first-order valence-corrected chi connectivity index (χ1v) is 5.33. The normalized spacial score (nSPS) is 19.7. The fraction of sp³-hybridized carbons (Fsp3) is 0.417. The molecule has 1 amide bonds. The van der Waals surface area contributed by atoms with Crippen LogP contribution in [0.3, 0.4) is 0 Å². The van der Waals surface area contributed by atoms with Gasteiger partial charge in [0.25, 0.3) is 5.91 Å². The first-order valence-electron chi connectivity index (χ1n) is 5.33. The topological polar surface area (TPSA) is 49.8 Å². The van der Waals surface area contributed by atoms with Crippen molar-refractivity contribution >= 4 is 5.91 Å². The minimum absolute atomic E-state index is 0.0262. The second-order valence-electron chi connectivity index (χ2n) is 3.95. The molecule has 1 atom stereocenters. The van der Waals surface area contributed by atoms with Crippen LogP contribution in [0, 0.1) is 0 Å². The molecule has 0 bridgehead atoms. The molecule has 1 saturated heterocycles. The Morgan fingerprint density at radius 2 is 2.25 bits per heavy atom. The van der Waals surface area contributed by atoms with Gasteiger partial charge in [-0.3, -0.25) is 4.79 Å². The van der Waals surface area contributed by atoms with Gasteiger partial charge in [-0.05, 0) is 18.6 Å². The molecule has 1 unspecified atom stereocenters. The van der Waals surface area contributed by atoms with Crippen molar-refractivity contribution < 1.29 is 14.6 Å². The molecular formula is C12H15NO3. The molecule has 2 rings (SSSR count). The molecule has 1 aromatic carbocycles. The Morgan fingerprint density at radius 3 is 2.88 bits per heavy atom. The number of carbonyl (C=O) groups excluding carboxylic acids is 1. The van der Waals surface area contributed by atoms with Gasteiger partial charge in [-0.25, -0.2) is 0 Å². The van der Waals surface area contributed by atoms with Crippen LogP contribution < -0.4 is 0 Å². The molecule has 1 aliphatic rings. The third kappa shape index (κ3) is 2.02. The quantitative estimate of drug-likeness (QED) is 0.817. The Bertz CT molecular complexity index is 386. The third-order valence-electron chi connectivity index (χ3n) is 2.91. The Labute approximate surface area is 94.4 Å². The number of hydrogen-bond donors (Lipinski definition) is 1. The number of hydrogen-bond acceptors (Lipinski definition) is 3. The molecule has 1 aromatic rings. The number of benzene rings is 1. The van der Waals surface area contributed by atoms with E-state index < -0.39 is 0 Å². The van der Waals surface area contributed by atoms with Gasteiger partial charge in [0.1, 0.15) is 5.75 Å². The van der Waals surface area contributed by atoms with Crippen LogP contribution in [0.5, 0.6) is 5.75 Å². The number of likely N-dealkylation sites (N-methyl/N-ethyl adjacent to an activating group) is 1. The van der Waals surface area contributed by atoms with Crippen molar-refractivity contribution in [2.24, 2.45) is 0 Å². The minimum Gasteiger partial charge on any atom is -0.507 e. The monoisotopic (exact) mass is 221 g/mol. The van der Waals surface area contributed by atoms with Crippen LogP contribution in [-0.2, 0) is 4.74 Å². The maximum absolute atomic E-state index is 12.1. The minimum atomic E-state index is -0.159. The highest BCUT2D eigenvalue weighted by Gasteiger charge is 2.25. The smallest absolute Gasteiger partial charge is 0.257 e. The Balaban J connectivity index is 2.15. The van der Waals surface area contributed by atoms with Crippen molar-refractivity contribution in [2.75, 3.05) is 20.3 Å². The summed E-state index contributed by atoms with van der Waals surface area (Å²) in [5.41, 5.74) is 0.344. The van der Waals surface area contributed by atoms with Crippen LogP contribution >= 0.6 is 0 Å². The van der Waals surface area contributed by atoms with Crippen molar-refractivity contribution in [1.82, 2.24) is 4.90 Å². The summed E-state index contributed by atoms with van der Waals surface area (Å²) in [7, 11) is 1.74. The second-order valence-corrected chi connectivity index (χ2v) is 3.95. The van der Waals surface area contributed by atoms with E-state index in [4.69, 9.17) is 4.74 Å². The van der Waals surface area contributed by atoms with Gasteiger partial charge in [0, 0.05) is 13.7 Å². The zero-order chi connectivity index (χ0) is 11.5. The summed E-state index contributed by atoms with van der Waals surface area (Å²) >= 11 is 0. The summed E-state index contributed by atoms with van der Waals surface area (Å²) in [5.74, 6) is -0.133. The van der Waals surface area contributed by atoms with Gasteiger partial charge in [0.15, 0.2) is 0 Å². The highest BCUT2D eigenvalue weighted by Crippen LogP contribution is 2.20. The van der Waals surface area contributed by atoms with Crippen LogP contribution in [0.15, 0.2) is 24.3 Å². The van der Waals surface area contributed by atoms with Gasteiger partial charge < -0.3 is 14.7 Å². The molecule has 4 heteroatoms. The number of aromatic hydroxyl groups is 1. The number of para-hydroxylation sites is 1. The van der Waals surface area contributed by atoms with Gasteiger partial charge in [0.2, 0.25) is 0 Å². The van der Waals surface area contributed by atoms with Crippen molar-refractivity contribution in [3.63, 3.8) is 0 Å². The van der Waals surface area contributed by atoms with Gasteiger partial charge >= 0.3 is 0 Å². The Hall–Kier alpha value is -1.55. The van der Waals surface area contributed by atoms with E-state index in [-0.39, 0.29) is 17.7 Å². The fourth-order valence-corrected chi connectivity index (χ4v) is 1.84. The van der Waals surface area contributed by atoms with E-state index in [9.17, 15) is 9.90 Å². The van der Waals surface area contributed by atoms with Crippen molar-refractivity contribution in [2.45, 2.75) is 12.5 Å². The Morgan fingerprint density at radius 1 is 1.50 bits per heavy atom. The van der Waals surface area contributed by atoms with Gasteiger partial charge in [-0.2, -0.15) is 0 Å². The van der Waals surface area contributed by atoms with E-state index >= 15 is 0 Å². The summed E-state index contributed by atoms with van der Waals surface area (Å²) < 4.78 is 5.24. The zero-order valence-electron chi connectivity index (χ0n) is 9.22. The lowest BCUT2D eigenvalue weighted by atomic mass is 10.1. The van der Waals surface area contributed by atoms with E-state index in [1.807, 2.05) is 0 Å². The van der Waals surface area contributed by atoms with Gasteiger partial charge in [0.05, 0.1) is 18.2 Å². The fourth-order valence-electron chi connectivity index (χ4n) is 1.84. The number of phenolic OH excluding ortho intramolecular Hbond substituents is 1. The number of ether oxygens (including phenoxy) is 1. The largest absolute Gasteiger partial charge is 0.507 e. The zero-order valence-corrected chi connectivity index (χ0v) is 9.22. The number of amides is 1. The maximum Gasteiger partial charge on any atom is 0.257 e. The van der Waals surface area contributed by atoms with Gasteiger partial charge in [-0.1, -0.05) is 12.1 Å². The van der Waals surface area contributed by atoms with Crippen LogP contribution in [0.4, 0.5) is 0 Å². The number of rotatable bonds is 2.